The summed E-state index contributed by atoms with van der Waals surface area (Å²) >= 11 is -2.52. The van der Waals surface area contributed by atoms with Gasteiger partial charge >= 0.3 is 251 Å². The number of benzene rings is 4. The molecule has 0 aliphatic heterocycles. The van der Waals surface area contributed by atoms with E-state index in [-0.39, 0.29) is 35.6 Å². The molecule has 214 valence electrons. The van der Waals surface area contributed by atoms with Crippen molar-refractivity contribution in [2.45, 2.75) is 65.2 Å². The third-order valence-electron chi connectivity index (χ3n) is 8.47. The Labute approximate surface area is 273 Å². The molecule has 0 N–H and O–H groups in total. The predicted molar refractivity (Wildman–Crippen MR) is 171 cm³/mol. The molecule has 4 aromatic rings. The van der Waals surface area contributed by atoms with E-state index in [1.165, 1.54) is 22.3 Å². The van der Waals surface area contributed by atoms with Crippen LogP contribution in [0.3, 0.4) is 0 Å². The summed E-state index contributed by atoms with van der Waals surface area (Å²) < 4.78 is 3.55. The number of rotatable bonds is 4. The SMILES string of the molecule is CC(C)(C)c1ccc2c(c1)Cc1c-2ccc(C(C)(C)C)[c]1[Zr+2]([C]1=CC=CC1)=[Si](c1ccccc1)c1ccccc1.[Cl-].[Cl-]. The second-order valence-corrected chi connectivity index (χ2v) is 26.6. The molecule has 0 spiro atoms. The fourth-order valence-electron chi connectivity index (χ4n) is 6.40. The van der Waals surface area contributed by atoms with Gasteiger partial charge in [-0.1, -0.05) is 0 Å². The second-order valence-electron chi connectivity index (χ2n) is 13.4. The number of halogens is 2. The summed E-state index contributed by atoms with van der Waals surface area (Å²) in [6.07, 6.45) is 9.43. The Balaban J connectivity index is 0.00000202. The van der Waals surface area contributed by atoms with Crippen LogP contribution in [0.1, 0.15) is 70.2 Å². The van der Waals surface area contributed by atoms with Crippen LogP contribution in [0.4, 0.5) is 0 Å². The molecular weight excluding hydrogens is 647 g/mol. The van der Waals surface area contributed by atoms with Crippen molar-refractivity contribution >= 4 is 19.1 Å². The second kappa shape index (κ2) is 13.0. The molecule has 0 amide bonds. The van der Waals surface area contributed by atoms with Gasteiger partial charge in [-0.2, -0.15) is 0 Å². The fourth-order valence-corrected chi connectivity index (χ4v) is 27.9. The Morgan fingerprint density at radius 3 is 1.79 bits per heavy atom. The normalized spacial score (nSPS) is 13.2. The van der Waals surface area contributed by atoms with Crippen molar-refractivity contribution in [3.8, 4) is 11.1 Å². The Hall–Kier alpha value is -1.96. The summed E-state index contributed by atoms with van der Waals surface area (Å²) in [6, 6.07) is 35.4. The molecule has 0 heterocycles. The van der Waals surface area contributed by atoms with E-state index in [0.29, 0.717) is 0 Å². The summed E-state index contributed by atoms with van der Waals surface area (Å²) in [4.78, 5) is 0. The molecule has 42 heavy (non-hydrogen) atoms. The maximum atomic E-state index is 2.51. The van der Waals surface area contributed by atoms with Crippen molar-refractivity contribution in [2.24, 2.45) is 0 Å². The van der Waals surface area contributed by atoms with Crippen molar-refractivity contribution < 1.29 is 45.2 Å². The number of fused-ring (bicyclic) bond motifs is 3. The zero-order valence-electron chi connectivity index (χ0n) is 25.6. The standard InChI is InChI=1S/C21H25.C12H10Si.C5H5.2ClH.Zr/c1-20(2,3)16-7-9-18-14(12-16)11-15-13-17(21(4,5)6)8-10-19(15)18;1-3-7-11(8-4-1)13-12-9-5-2-6-10-12;1-2-4-5-3-1;;;/h7-10,12H,11H2,1-6H3;1-10H;1-3H,4H2;2*1H;/q;;;;;+2/p-2. The first kappa shape index (κ1) is 32.9. The van der Waals surface area contributed by atoms with Crippen LogP contribution in [-0.2, 0) is 37.6 Å². The number of allylic oxidation sites excluding steroid dienone is 4. The Morgan fingerprint density at radius 2 is 1.26 bits per heavy atom. The molecule has 0 atom stereocenters. The molecule has 0 nitrogen and oxygen atoms in total. The van der Waals surface area contributed by atoms with Crippen molar-refractivity contribution in [3.63, 3.8) is 0 Å². The minimum absolute atomic E-state index is 0. The maximum Gasteiger partial charge on any atom is -1.00 e. The van der Waals surface area contributed by atoms with E-state index in [1.807, 2.05) is 0 Å². The van der Waals surface area contributed by atoms with Crippen molar-refractivity contribution in [3.05, 3.63) is 135 Å². The fraction of sp³-hybridized carbons (Fsp3) is 0.263. The third-order valence-corrected chi connectivity index (χ3v) is 27.2. The number of hydrogen-bond donors (Lipinski definition) is 0. The van der Waals surface area contributed by atoms with E-state index in [4.69, 9.17) is 0 Å². The van der Waals surface area contributed by atoms with Gasteiger partial charge in [0.2, 0.25) is 0 Å². The molecule has 0 aromatic heterocycles. The summed E-state index contributed by atoms with van der Waals surface area (Å²) in [5, 5.41) is 3.15. The van der Waals surface area contributed by atoms with Gasteiger partial charge in [-0.15, -0.1) is 0 Å². The van der Waals surface area contributed by atoms with Gasteiger partial charge in [-0.3, -0.25) is 0 Å². The van der Waals surface area contributed by atoms with E-state index >= 15 is 0 Å². The van der Waals surface area contributed by atoms with Crippen molar-refractivity contribution in [1.29, 1.82) is 0 Å². The van der Waals surface area contributed by atoms with Gasteiger partial charge in [0.05, 0.1) is 0 Å². The van der Waals surface area contributed by atoms with Crippen LogP contribution in [-0.4, -0.2) is 5.43 Å². The molecule has 0 unspecified atom stereocenters. The summed E-state index contributed by atoms with van der Waals surface area (Å²) in [5.41, 5.74) is 8.38. The average molecular weight is 687 g/mol. The molecule has 4 aromatic carbocycles. The molecule has 0 fully saturated rings. The largest absolute Gasteiger partial charge is 1.00 e. The molecule has 4 heteroatoms. The van der Waals surface area contributed by atoms with Crippen molar-refractivity contribution in [1.82, 2.24) is 0 Å². The van der Waals surface area contributed by atoms with Gasteiger partial charge in [0.1, 0.15) is 0 Å². The molecule has 0 radical (unpaired) electrons. The van der Waals surface area contributed by atoms with Crippen LogP contribution in [0, 0.1) is 0 Å². The summed E-state index contributed by atoms with van der Waals surface area (Å²) in [5.74, 6) is 0. The zero-order chi connectivity index (χ0) is 28.1. The molecule has 2 aliphatic rings. The van der Waals surface area contributed by atoms with Gasteiger partial charge in [-0.05, 0) is 0 Å². The first-order valence-corrected chi connectivity index (χ1v) is 22.3. The smallest absolute Gasteiger partial charge is 1.00 e. The van der Waals surface area contributed by atoms with E-state index < -0.39 is 25.8 Å². The van der Waals surface area contributed by atoms with Crippen LogP contribution >= 0.6 is 0 Å². The monoisotopic (exact) mass is 684 g/mol. The Kier molecular flexibility index (Phi) is 10.2. The van der Waals surface area contributed by atoms with Gasteiger partial charge in [-0.25, -0.2) is 0 Å². The van der Waals surface area contributed by atoms with Gasteiger partial charge < -0.3 is 24.8 Å². The van der Waals surface area contributed by atoms with E-state index in [1.54, 1.807) is 28.1 Å². The summed E-state index contributed by atoms with van der Waals surface area (Å²) in [7, 11) is 0. The van der Waals surface area contributed by atoms with Crippen LogP contribution < -0.4 is 38.5 Å². The minimum atomic E-state index is -2.52. The molecular formula is C38H40Cl2SiZr. The van der Waals surface area contributed by atoms with Gasteiger partial charge in [0.25, 0.3) is 0 Å². The third kappa shape index (κ3) is 6.30. The van der Waals surface area contributed by atoms with E-state index in [2.05, 4.69) is 151 Å². The number of hydrogen-bond acceptors (Lipinski definition) is 0. The topological polar surface area (TPSA) is 0 Å². The first-order chi connectivity index (χ1) is 19.1. The molecule has 2 aliphatic carbocycles. The molecule has 0 saturated heterocycles. The zero-order valence-corrected chi connectivity index (χ0v) is 30.5. The van der Waals surface area contributed by atoms with E-state index in [0.717, 1.165) is 12.8 Å². The average Bonchev–Trinajstić information content (AvgIpc) is 3.59. The van der Waals surface area contributed by atoms with Gasteiger partial charge in [0.15, 0.2) is 0 Å². The quantitative estimate of drug-likeness (QED) is 0.253. The Morgan fingerprint density at radius 1 is 0.667 bits per heavy atom. The minimum Gasteiger partial charge on any atom is -1.00 e. The van der Waals surface area contributed by atoms with Crippen LogP contribution in [0.5, 0.6) is 0 Å². The van der Waals surface area contributed by atoms with Crippen LogP contribution in [0.25, 0.3) is 11.1 Å². The molecule has 0 saturated carbocycles. The molecule has 6 rings (SSSR count). The van der Waals surface area contributed by atoms with Crippen LogP contribution in [0.2, 0.25) is 0 Å². The first-order valence-electron chi connectivity index (χ1n) is 14.6. The summed E-state index contributed by atoms with van der Waals surface area (Å²) in [6.45, 7) is 14.3. The van der Waals surface area contributed by atoms with E-state index in [9.17, 15) is 0 Å². The van der Waals surface area contributed by atoms with Gasteiger partial charge in [0, 0.05) is 0 Å². The van der Waals surface area contributed by atoms with Crippen molar-refractivity contribution in [2.75, 3.05) is 0 Å². The van der Waals surface area contributed by atoms with Crippen LogP contribution in [0.15, 0.2) is 113 Å². The molecule has 0 bridgehead atoms. The predicted octanol–water partition coefficient (Wildman–Crippen LogP) is 1.75. The maximum absolute atomic E-state index is 2.52. The Bertz CT molecular complexity index is 1640.